The summed E-state index contributed by atoms with van der Waals surface area (Å²) in [6.45, 7) is 3.65. The van der Waals surface area contributed by atoms with Gasteiger partial charge < -0.3 is 9.80 Å². The van der Waals surface area contributed by atoms with Crippen LogP contribution < -0.4 is 0 Å². The van der Waals surface area contributed by atoms with Gasteiger partial charge in [-0.1, -0.05) is 35.5 Å². The molecule has 2 aromatic rings. The van der Waals surface area contributed by atoms with Gasteiger partial charge in [-0.15, -0.1) is 5.10 Å². The van der Waals surface area contributed by atoms with Crippen LogP contribution in [0.15, 0.2) is 30.3 Å². The average Bonchev–Trinajstić information content (AvgIpc) is 3.42. The van der Waals surface area contributed by atoms with Crippen LogP contribution >= 0.6 is 0 Å². The second kappa shape index (κ2) is 9.20. The lowest BCUT2D eigenvalue weighted by molar-refractivity contribution is -0.133. The minimum atomic E-state index is 0.187. The number of hydrogen-bond acceptors (Lipinski definition) is 4. The van der Waals surface area contributed by atoms with E-state index in [-0.39, 0.29) is 11.8 Å². The molecule has 1 saturated heterocycles. The summed E-state index contributed by atoms with van der Waals surface area (Å²) in [4.78, 5) is 28.9. The number of benzene rings is 1. The van der Waals surface area contributed by atoms with Crippen molar-refractivity contribution >= 4 is 11.8 Å². The number of hydrogen-bond donors (Lipinski definition) is 0. The molecule has 0 aliphatic carbocycles. The van der Waals surface area contributed by atoms with Gasteiger partial charge in [0.15, 0.2) is 0 Å². The molecule has 1 aromatic carbocycles. The normalized spacial score (nSPS) is 16.1. The molecule has 0 spiro atoms. The molecule has 0 bridgehead atoms. The molecule has 1 aromatic heterocycles. The predicted octanol–water partition coefficient (Wildman–Crippen LogP) is 2.20. The van der Waals surface area contributed by atoms with Crippen LogP contribution in [-0.2, 0) is 35.5 Å². The Kier molecular flexibility index (Phi) is 6.22. The van der Waals surface area contributed by atoms with Crippen LogP contribution in [0.5, 0.6) is 0 Å². The highest BCUT2D eigenvalue weighted by molar-refractivity contribution is 5.77. The lowest BCUT2D eigenvalue weighted by Crippen LogP contribution is -2.38. The van der Waals surface area contributed by atoms with Crippen molar-refractivity contribution in [3.05, 3.63) is 47.3 Å². The maximum atomic E-state index is 12.7. The smallest absolute Gasteiger partial charge is 0.222 e. The summed E-state index contributed by atoms with van der Waals surface area (Å²) in [7, 11) is 0. The van der Waals surface area contributed by atoms with Gasteiger partial charge >= 0.3 is 0 Å². The average molecular weight is 396 g/mol. The Morgan fingerprint density at radius 3 is 2.41 bits per heavy atom. The summed E-state index contributed by atoms with van der Waals surface area (Å²) in [6.07, 6.45) is 5.61. The zero-order valence-corrected chi connectivity index (χ0v) is 16.9. The molecule has 0 unspecified atom stereocenters. The lowest BCUT2D eigenvalue weighted by Gasteiger charge is -2.28. The van der Waals surface area contributed by atoms with Crippen molar-refractivity contribution in [3.8, 4) is 0 Å². The molecule has 7 nitrogen and oxygen atoms in total. The first kappa shape index (κ1) is 19.6. The summed E-state index contributed by atoms with van der Waals surface area (Å²) in [5, 5.41) is 8.53. The third-order valence-electron chi connectivity index (χ3n) is 5.93. The second-order valence-corrected chi connectivity index (χ2v) is 7.95. The van der Waals surface area contributed by atoms with Crippen LogP contribution in [0.25, 0.3) is 0 Å². The quantitative estimate of drug-likeness (QED) is 0.721. The van der Waals surface area contributed by atoms with E-state index < -0.39 is 0 Å². The maximum Gasteiger partial charge on any atom is 0.222 e. The molecule has 29 heavy (non-hydrogen) atoms. The van der Waals surface area contributed by atoms with Crippen LogP contribution in [0.2, 0.25) is 0 Å². The first-order valence-corrected chi connectivity index (χ1v) is 10.7. The Labute approximate surface area is 171 Å². The highest BCUT2D eigenvalue weighted by Gasteiger charge is 2.25. The van der Waals surface area contributed by atoms with E-state index in [1.54, 1.807) is 0 Å². The van der Waals surface area contributed by atoms with E-state index in [1.807, 2.05) is 32.7 Å². The molecule has 2 amide bonds. The summed E-state index contributed by atoms with van der Waals surface area (Å²) in [6, 6.07) is 10.3. The molecule has 1 fully saturated rings. The van der Waals surface area contributed by atoms with E-state index in [2.05, 4.69) is 22.4 Å². The third kappa shape index (κ3) is 4.83. The molecular weight excluding hydrogens is 366 g/mol. The standard InChI is InChI=1S/C22H29N5O2/c28-21(10-6-9-18-7-2-1-3-8-18)26-15-16-27-20(17-26)19(23-24-27)11-12-22(29)25-13-4-5-14-25/h1-3,7-8H,4-6,9-17H2. The first-order chi connectivity index (χ1) is 14.2. The molecule has 0 atom stereocenters. The topological polar surface area (TPSA) is 71.3 Å². The number of likely N-dealkylation sites (tertiary alicyclic amines) is 1. The molecule has 4 rings (SSSR count). The van der Waals surface area contributed by atoms with Gasteiger partial charge in [-0.05, 0) is 31.2 Å². The number of fused-ring (bicyclic) bond motifs is 1. The van der Waals surface area contributed by atoms with Crippen molar-refractivity contribution in [3.63, 3.8) is 0 Å². The minimum absolute atomic E-state index is 0.187. The first-order valence-electron chi connectivity index (χ1n) is 10.7. The summed E-state index contributed by atoms with van der Waals surface area (Å²) in [5.41, 5.74) is 3.12. The van der Waals surface area contributed by atoms with Crippen molar-refractivity contribution < 1.29 is 9.59 Å². The van der Waals surface area contributed by atoms with Gasteiger partial charge in [0.1, 0.15) is 0 Å². The van der Waals surface area contributed by atoms with Gasteiger partial charge in [0, 0.05) is 38.9 Å². The minimum Gasteiger partial charge on any atom is -0.343 e. The molecule has 7 heteroatoms. The molecule has 0 radical (unpaired) electrons. The Bertz CT molecular complexity index is 842. The molecular formula is C22H29N5O2. The summed E-state index contributed by atoms with van der Waals surface area (Å²) in [5.74, 6) is 0.390. The van der Waals surface area contributed by atoms with Gasteiger partial charge in [-0.25, -0.2) is 4.68 Å². The van der Waals surface area contributed by atoms with Crippen LogP contribution in [0.4, 0.5) is 0 Å². The highest BCUT2D eigenvalue weighted by atomic mass is 16.2. The molecule has 2 aliphatic rings. The van der Waals surface area contributed by atoms with E-state index in [9.17, 15) is 9.59 Å². The van der Waals surface area contributed by atoms with Gasteiger partial charge in [0.2, 0.25) is 11.8 Å². The zero-order valence-electron chi connectivity index (χ0n) is 16.9. The number of carbonyl (C=O) groups excluding carboxylic acids is 2. The van der Waals surface area contributed by atoms with E-state index in [0.717, 1.165) is 50.2 Å². The van der Waals surface area contributed by atoms with Crippen LogP contribution in [0, 0.1) is 0 Å². The van der Waals surface area contributed by atoms with Crippen molar-refractivity contribution in [2.45, 2.75) is 58.0 Å². The van der Waals surface area contributed by atoms with E-state index in [1.165, 1.54) is 5.56 Å². The summed E-state index contributed by atoms with van der Waals surface area (Å²) >= 11 is 0. The van der Waals surface area contributed by atoms with Gasteiger partial charge in [0.05, 0.1) is 24.5 Å². The van der Waals surface area contributed by atoms with E-state index >= 15 is 0 Å². The van der Waals surface area contributed by atoms with Crippen molar-refractivity contribution in [2.75, 3.05) is 19.6 Å². The van der Waals surface area contributed by atoms with Crippen molar-refractivity contribution in [1.82, 2.24) is 24.8 Å². The van der Waals surface area contributed by atoms with Crippen LogP contribution in [0.1, 0.15) is 49.1 Å². The second-order valence-electron chi connectivity index (χ2n) is 7.95. The van der Waals surface area contributed by atoms with Crippen molar-refractivity contribution in [2.24, 2.45) is 0 Å². The number of amides is 2. The van der Waals surface area contributed by atoms with Gasteiger partial charge in [-0.2, -0.15) is 0 Å². The molecule has 0 saturated carbocycles. The Morgan fingerprint density at radius 2 is 1.62 bits per heavy atom. The number of aryl methyl sites for hydroxylation is 2. The van der Waals surface area contributed by atoms with Crippen LogP contribution in [-0.4, -0.2) is 56.2 Å². The van der Waals surface area contributed by atoms with Crippen LogP contribution in [0.3, 0.4) is 0 Å². The Balaban J connectivity index is 1.28. The Morgan fingerprint density at radius 1 is 0.862 bits per heavy atom. The molecule has 154 valence electrons. The maximum absolute atomic E-state index is 12.7. The molecule has 0 N–H and O–H groups in total. The fourth-order valence-electron chi connectivity index (χ4n) is 4.20. The predicted molar refractivity (Wildman–Crippen MR) is 109 cm³/mol. The zero-order chi connectivity index (χ0) is 20.1. The highest BCUT2D eigenvalue weighted by Crippen LogP contribution is 2.18. The largest absolute Gasteiger partial charge is 0.343 e. The molecule has 3 heterocycles. The van der Waals surface area contributed by atoms with Crippen molar-refractivity contribution in [1.29, 1.82) is 0 Å². The molecule has 2 aliphatic heterocycles. The number of rotatable bonds is 7. The third-order valence-corrected chi connectivity index (χ3v) is 5.93. The fourth-order valence-corrected chi connectivity index (χ4v) is 4.20. The SMILES string of the molecule is O=C(CCc1nnn2c1CN(C(=O)CCCc1ccccc1)CC2)N1CCCC1. The Hall–Kier alpha value is -2.70. The number of nitrogens with zero attached hydrogens (tertiary/aromatic N) is 5. The van der Waals surface area contributed by atoms with Gasteiger partial charge in [0.25, 0.3) is 0 Å². The van der Waals surface area contributed by atoms with Gasteiger partial charge in [-0.3, -0.25) is 9.59 Å². The monoisotopic (exact) mass is 395 g/mol. The summed E-state index contributed by atoms with van der Waals surface area (Å²) < 4.78 is 1.89. The lowest BCUT2D eigenvalue weighted by atomic mass is 10.1. The van der Waals surface area contributed by atoms with E-state index in [0.29, 0.717) is 38.9 Å². The number of aromatic nitrogens is 3. The number of carbonyl (C=O) groups is 2. The van der Waals surface area contributed by atoms with E-state index in [4.69, 9.17) is 0 Å². The fraction of sp³-hybridized carbons (Fsp3) is 0.545.